The molecule has 3 nitrogen and oxygen atoms in total. The van der Waals surface area contributed by atoms with Crippen LogP contribution in [0.3, 0.4) is 0 Å². The van der Waals surface area contributed by atoms with Crippen LogP contribution in [0.2, 0.25) is 0 Å². The molecular weight excluding hydrogens is 306 g/mol. The average molecular weight is 329 g/mol. The first kappa shape index (κ1) is 17.1. The molecule has 1 heterocycles. The molecule has 0 aliphatic carbocycles. The fourth-order valence-electron chi connectivity index (χ4n) is 3.25. The van der Waals surface area contributed by atoms with E-state index in [-0.39, 0.29) is 0 Å². The van der Waals surface area contributed by atoms with E-state index in [0.29, 0.717) is 18.0 Å². The third-order valence-electron chi connectivity index (χ3n) is 4.45. The van der Waals surface area contributed by atoms with Gasteiger partial charge in [-0.1, -0.05) is 43.7 Å². The van der Waals surface area contributed by atoms with Gasteiger partial charge in [0.25, 0.3) is 0 Å². The molecule has 0 aliphatic rings. The molecular formula is C22H23N3. The molecule has 1 aromatic heterocycles. The van der Waals surface area contributed by atoms with E-state index in [1.54, 1.807) is 0 Å². The van der Waals surface area contributed by atoms with E-state index < -0.39 is 0 Å². The number of fused-ring (bicyclic) bond motifs is 1. The second kappa shape index (κ2) is 7.04. The molecule has 3 aromatic rings. The molecule has 0 bridgehead atoms. The summed E-state index contributed by atoms with van der Waals surface area (Å²) in [4.78, 5) is 4.88. The molecule has 2 aromatic carbocycles. The van der Waals surface area contributed by atoms with Crippen LogP contribution in [0.4, 0.5) is 0 Å². The Morgan fingerprint density at radius 2 is 1.84 bits per heavy atom. The van der Waals surface area contributed by atoms with Gasteiger partial charge in [-0.2, -0.15) is 5.26 Å². The van der Waals surface area contributed by atoms with Crippen molar-refractivity contribution in [2.45, 2.75) is 33.7 Å². The summed E-state index contributed by atoms with van der Waals surface area (Å²) in [6.07, 6.45) is 0.890. The van der Waals surface area contributed by atoms with Gasteiger partial charge in [-0.3, -0.25) is 4.98 Å². The summed E-state index contributed by atoms with van der Waals surface area (Å²) in [5.41, 5.74) is 13.3. The Kier molecular flexibility index (Phi) is 4.83. The van der Waals surface area contributed by atoms with Gasteiger partial charge in [0.05, 0.1) is 17.1 Å². The zero-order valence-corrected chi connectivity index (χ0v) is 15.0. The molecule has 0 atom stereocenters. The summed E-state index contributed by atoms with van der Waals surface area (Å²) in [7, 11) is 0. The normalized spacial score (nSPS) is 11.0. The van der Waals surface area contributed by atoms with Crippen molar-refractivity contribution in [3.63, 3.8) is 0 Å². The molecule has 0 amide bonds. The highest BCUT2D eigenvalue weighted by Gasteiger charge is 2.17. The number of nitrogens with two attached hydrogens (primary N) is 1. The smallest absolute Gasteiger partial charge is 0.0991 e. The van der Waals surface area contributed by atoms with Crippen LogP contribution in [0.5, 0.6) is 0 Å². The van der Waals surface area contributed by atoms with Crippen LogP contribution in [-0.4, -0.2) is 4.98 Å². The number of rotatable bonds is 4. The Bertz CT molecular complexity index is 948. The van der Waals surface area contributed by atoms with Crippen LogP contribution in [0.1, 0.15) is 36.2 Å². The zero-order chi connectivity index (χ0) is 18.0. The zero-order valence-electron chi connectivity index (χ0n) is 15.0. The minimum absolute atomic E-state index is 0.436. The lowest BCUT2D eigenvalue weighted by molar-refractivity contribution is 0.632. The third kappa shape index (κ3) is 3.40. The first-order valence-electron chi connectivity index (χ1n) is 8.66. The highest BCUT2D eigenvalue weighted by molar-refractivity contribution is 5.97. The highest BCUT2D eigenvalue weighted by Crippen LogP contribution is 2.34. The lowest BCUT2D eigenvalue weighted by atomic mass is 9.90. The molecule has 0 unspecified atom stereocenters. The maximum absolute atomic E-state index is 9.30. The fourth-order valence-corrected chi connectivity index (χ4v) is 3.25. The minimum atomic E-state index is 0.436. The lowest BCUT2D eigenvalue weighted by Crippen LogP contribution is -2.10. The molecule has 0 saturated carbocycles. The molecule has 126 valence electrons. The van der Waals surface area contributed by atoms with Gasteiger partial charge in [-0.25, -0.2) is 0 Å². The van der Waals surface area contributed by atoms with Gasteiger partial charge in [0.2, 0.25) is 0 Å². The molecule has 2 N–H and O–H groups in total. The van der Waals surface area contributed by atoms with Crippen LogP contribution in [0.15, 0.2) is 42.5 Å². The van der Waals surface area contributed by atoms with Gasteiger partial charge in [-0.05, 0) is 54.2 Å². The van der Waals surface area contributed by atoms with Gasteiger partial charge < -0.3 is 5.73 Å². The summed E-state index contributed by atoms with van der Waals surface area (Å²) in [6.45, 7) is 6.90. The second-order valence-corrected chi connectivity index (χ2v) is 6.92. The van der Waals surface area contributed by atoms with Crippen molar-refractivity contribution in [2.75, 3.05) is 0 Å². The summed E-state index contributed by atoms with van der Waals surface area (Å²) in [5.74, 6) is 0.500. The van der Waals surface area contributed by atoms with Crippen LogP contribution in [0, 0.1) is 24.2 Å². The number of aromatic nitrogens is 1. The van der Waals surface area contributed by atoms with Gasteiger partial charge in [-0.15, -0.1) is 0 Å². The van der Waals surface area contributed by atoms with Crippen LogP contribution < -0.4 is 5.73 Å². The SMILES string of the molecule is Cc1ccc(-c2c(CN)c(CC(C)C)nc3ccc(C#N)cc23)cc1. The van der Waals surface area contributed by atoms with Crippen molar-refractivity contribution in [3.8, 4) is 17.2 Å². The largest absolute Gasteiger partial charge is 0.326 e. The Morgan fingerprint density at radius 3 is 2.44 bits per heavy atom. The molecule has 0 spiro atoms. The Morgan fingerprint density at radius 1 is 1.12 bits per heavy atom. The van der Waals surface area contributed by atoms with E-state index in [1.807, 2.05) is 18.2 Å². The molecule has 0 radical (unpaired) electrons. The van der Waals surface area contributed by atoms with Crippen molar-refractivity contribution in [1.29, 1.82) is 5.26 Å². The maximum atomic E-state index is 9.30. The van der Waals surface area contributed by atoms with Crippen molar-refractivity contribution < 1.29 is 0 Å². The van der Waals surface area contributed by atoms with E-state index in [2.05, 4.69) is 51.1 Å². The highest BCUT2D eigenvalue weighted by atomic mass is 14.7. The number of benzene rings is 2. The number of hydrogen-bond acceptors (Lipinski definition) is 3. The Labute approximate surface area is 149 Å². The quantitative estimate of drug-likeness (QED) is 0.752. The van der Waals surface area contributed by atoms with E-state index in [4.69, 9.17) is 10.7 Å². The van der Waals surface area contributed by atoms with Crippen molar-refractivity contribution >= 4 is 10.9 Å². The summed E-state index contributed by atoms with van der Waals surface area (Å²) in [5, 5.41) is 10.3. The minimum Gasteiger partial charge on any atom is -0.326 e. The fraction of sp³-hybridized carbons (Fsp3) is 0.273. The van der Waals surface area contributed by atoms with E-state index in [1.165, 1.54) is 5.56 Å². The monoisotopic (exact) mass is 329 g/mol. The number of hydrogen-bond donors (Lipinski definition) is 1. The molecule has 0 aliphatic heterocycles. The molecule has 3 heteroatoms. The molecule has 0 saturated heterocycles. The third-order valence-corrected chi connectivity index (χ3v) is 4.45. The summed E-state index contributed by atoms with van der Waals surface area (Å²) in [6, 6.07) is 16.4. The second-order valence-electron chi connectivity index (χ2n) is 6.92. The number of nitrogens with zero attached hydrogens (tertiary/aromatic N) is 2. The van der Waals surface area contributed by atoms with Crippen LogP contribution in [-0.2, 0) is 13.0 Å². The maximum Gasteiger partial charge on any atom is 0.0991 e. The molecule has 3 rings (SSSR count). The summed E-state index contributed by atoms with van der Waals surface area (Å²) >= 11 is 0. The average Bonchev–Trinajstić information content (AvgIpc) is 2.60. The van der Waals surface area contributed by atoms with Crippen molar-refractivity contribution in [2.24, 2.45) is 11.7 Å². The predicted octanol–water partition coefficient (Wildman–Crippen LogP) is 4.74. The number of aryl methyl sites for hydroxylation is 1. The standard InChI is InChI=1S/C22H23N3/c1-14(2)10-21-19(13-24)22(17-7-4-15(3)5-8-17)18-11-16(12-23)6-9-20(18)25-21/h4-9,11,14H,10,13,24H2,1-3H3. The van der Waals surface area contributed by atoms with Gasteiger partial charge >= 0.3 is 0 Å². The van der Waals surface area contributed by atoms with Crippen molar-refractivity contribution in [1.82, 2.24) is 4.98 Å². The Balaban J connectivity index is 2.39. The number of nitriles is 1. The van der Waals surface area contributed by atoms with E-state index >= 15 is 0 Å². The van der Waals surface area contributed by atoms with Gasteiger partial charge in [0.15, 0.2) is 0 Å². The topological polar surface area (TPSA) is 62.7 Å². The van der Waals surface area contributed by atoms with Gasteiger partial charge in [0, 0.05) is 17.6 Å². The van der Waals surface area contributed by atoms with Crippen molar-refractivity contribution in [3.05, 3.63) is 64.8 Å². The van der Waals surface area contributed by atoms with Crippen LogP contribution >= 0.6 is 0 Å². The van der Waals surface area contributed by atoms with Crippen LogP contribution in [0.25, 0.3) is 22.0 Å². The first-order chi connectivity index (χ1) is 12.0. The first-order valence-corrected chi connectivity index (χ1v) is 8.66. The number of pyridine rings is 1. The van der Waals surface area contributed by atoms with E-state index in [0.717, 1.165) is 39.7 Å². The molecule has 25 heavy (non-hydrogen) atoms. The molecule has 0 fully saturated rings. The predicted molar refractivity (Wildman–Crippen MR) is 103 cm³/mol. The lowest BCUT2D eigenvalue weighted by Gasteiger charge is -2.18. The Hall–Kier alpha value is -2.70. The van der Waals surface area contributed by atoms with Gasteiger partial charge in [0.1, 0.15) is 0 Å². The van der Waals surface area contributed by atoms with E-state index in [9.17, 15) is 5.26 Å². The summed E-state index contributed by atoms with van der Waals surface area (Å²) < 4.78 is 0.